The molecule has 2 bridgehead atoms. The minimum absolute atomic E-state index is 0.0945. The highest BCUT2D eigenvalue weighted by Crippen LogP contribution is 2.25. The van der Waals surface area contributed by atoms with Crippen LogP contribution in [0.3, 0.4) is 0 Å². The van der Waals surface area contributed by atoms with Crippen LogP contribution in [0.15, 0.2) is 24.3 Å². The Morgan fingerprint density at radius 3 is 2.83 bits per heavy atom. The molecule has 2 aliphatic heterocycles. The SMILES string of the molecule is CN1C[C@H]2COC[C@@H]1CN(C(=O)c1cc3ccc(Cl)cc3n1C)C2. The second-order valence-electron chi connectivity index (χ2n) is 7.00. The van der Waals surface area contributed by atoms with Crippen LogP contribution >= 0.6 is 11.6 Å². The molecule has 4 rings (SSSR count). The number of aromatic nitrogens is 1. The zero-order chi connectivity index (χ0) is 16.8. The number of halogens is 1. The van der Waals surface area contributed by atoms with Gasteiger partial charge in [-0.15, -0.1) is 0 Å². The van der Waals surface area contributed by atoms with Crippen molar-refractivity contribution in [2.24, 2.45) is 13.0 Å². The van der Waals surface area contributed by atoms with Crippen molar-refractivity contribution in [3.05, 3.63) is 35.0 Å². The lowest BCUT2D eigenvalue weighted by Gasteiger charge is -2.29. The van der Waals surface area contributed by atoms with Crippen molar-refractivity contribution >= 4 is 28.4 Å². The van der Waals surface area contributed by atoms with E-state index in [1.54, 1.807) is 0 Å². The van der Waals surface area contributed by atoms with E-state index in [2.05, 4.69) is 11.9 Å². The average molecular weight is 348 g/mol. The number of carbonyl (C=O) groups excluding carboxylic acids is 1. The zero-order valence-electron chi connectivity index (χ0n) is 14.0. The first-order valence-electron chi connectivity index (χ1n) is 8.35. The fourth-order valence-corrected chi connectivity index (χ4v) is 4.05. The molecule has 0 N–H and O–H groups in total. The Hall–Kier alpha value is -1.56. The molecule has 3 heterocycles. The number of likely N-dealkylation sites (N-methyl/N-ethyl adjacent to an activating group) is 1. The summed E-state index contributed by atoms with van der Waals surface area (Å²) < 4.78 is 7.70. The lowest BCUT2D eigenvalue weighted by atomic mass is 10.1. The van der Waals surface area contributed by atoms with Crippen LogP contribution in [0.25, 0.3) is 10.9 Å². The Kier molecular flexibility index (Phi) is 4.03. The van der Waals surface area contributed by atoms with Crippen molar-refractivity contribution in [1.82, 2.24) is 14.4 Å². The maximum atomic E-state index is 13.2. The van der Waals surface area contributed by atoms with E-state index in [1.807, 2.05) is 40.8 Å². The summed E-state index contributed by atoms with van der Waals surface area (Å²) in [5, 5.41) is 1.73. The third-order valence-electron chi connectivity index (χ3n) is 5.26. The van der Waals surface area contributed by atoms with Crippen LogP contribution in [0.1, 0.15) is 10.5 Å². The van der Waals surface area contributed by atoms with Crippen molar-refractivity contribution in [2.75, 3.05) is 39.9 Å². The molecule has 0 aliphatic carbocycles. The molecule has 5 nitrogen and oxygen atoms in total. The first-order chi connectivity index (χ1) is 11.5. The minimum atomic E-state index is 0.0945. The molecule has 0 spiro atoms. The summed E-state index contributed by atoms with van der Waals surface area (Å²) in [6.45, 7) is 3.88. The Labute approximate surface area is 146 Å². The van der Waals surface area contributed by atoms with Gasteiger partial charge in [-0.25, -0.2) is 0 Å². The van der Waals surface area contributed by atoms with Gasteiger partial charge in [0.15, 0.2) is 0 Å². The fourth-order valence-electron chi connectivity index (χ4n) is 3.89. The molecule has 1 aromatic carbocycles. The number of carbonyl (C=O) groups is 1. The molecule has 2 aromatic rings. The summed E-state index contributed by atoms with van der Waals surface area (Å²) in [5.41, 5.74) is 1.71. The maximum Gasteiger partial charge on any atom is 0.270 e. The van der Waals surface area contributed by atoms with E-state index in [0.717, 1.165) is 36.3 Å². The molecule has 0 radical (unpaired) electrons. The number of nitrogens with zero attached hydrogens (tertiary/aromatic N) is 3. The van der Waals surface area contributed by atoms with Crippen molar-refractivity contribution in [3.63, 3.8) is 0 Å². The van der Waals surface area contributed by atoms with E-state index < -0.39 is 0 Å². The zero-order valence-corrected chi connectivity index (χ0v) is 14.8. The van der Waals surface area contributed by atoms with Crippen LogP contribution in [0.4, 0.5) is 0 Å². The molecular formula is C18H22ClN3O2. The molecule has 2 fully saturated rings. The van der Waals surface area contributed by atoms with Crippen LogP contribution in [-0.2, 0) is 11.8 Å². The van der Waals surface area contributed by atoms with E-state index in [4.69, 9.17) is 16.3 Å². The van der Waals surface area contributed by atoms with Crippen LogP contribution in [0.5, 0.6) is 0 Å². The fraction of sp³-hybridized carbons (Fsp3) is 0.500. The van der Waals surface area contributed by atoms with Gasteiger partial charge >= 0.3 is 0 Å². The molecule has 24 heavy (non-hydrogen) atoms. The normalized spacial score (nSPS) is 25.0. The summed E-state index contributed by atoms with van der Waals surface area (Å²) >= 11 is 6.10. The van der Waals surface area contributed by atoms with Gasteiger partial charge in [-0.1, -0.05) is 17.7 Å². The summed E-state index contributed by atoms with van der Waals surface area (Å²) in [7, 11) is 4.05. The summed E-state index contributed by atoms with van der Waals surface area (Å²) in [5.74, 6) is 0.465. The number of rotatable bonds is 1. The number of ether oxygens (including phenoxy) is 1. The smallest absolute Gasteiger partial charge is 0.270 e. The lowest BCUT2D eigenvalue weighted by Crippen LogP contribution is -2.45. The number of aryl methyl sites for hydroxylation is 1. The van der Waals surface area contributed by atoms with Crippen LogP contribution in [-0.4, -0.2) is 66.2 Å². The van der Waals surface area contributed by atoms with Gasteiger partial charge in [0.1, 0.15) is 5.69 Å². The Bertz CT molecular complexity index is 788. The molecule has 6 heteroatoms. The van der Waals surface area contributed by atoms with E-state index in [0.29, 0.717) is 24.1 Å². The number of fused-ring (bicyclic) bond motifs is 4. The highest BCUT2D eigenvalue weighted by molar-refractivity contribution is 6.31. The Morgan fingerprint density at radius 1 is 1.17 bits per heavy atom. The Morgan fingerprint density at radius 2 is 2.00 bits per heavy atom. The first-order valence-corrected chi connectivity index (χ1v) is 8.73. The molecule has 1 aromatic heterocycles. The molecule has 0 saturated carbocycles. The topological polar surface area (TPSA) is 37.7 Å². The molecule has 2 atom stereocenters. The second-order valence-corrected chi connectivity index (χ2v) is 7.44. The van der Waals surface area contributed by atoms with E-state index in [9.17, 15) is 4.79 Å². The van der Waals surface area contributed by atoms with Gasteiger partial charge in [0.2, 0.25) is 0 Å². The number of hydrogen-bond donors (Lipinski definition) is 0. The third kappa shape index (κ3) is 2.70. The third-order valence-corrected chi connectivity index (χ3v) is 5.49. The van der Waals surface area contributed by atoms with E-state index in [1.165, 1.54) is 0 Å². The monoisotopic (exact) mass is 347 g/mol. The summed E-state index contributed by atoms with van der Waals surface area (Å²) in [6, 6.07) is 7.97. The van der Waals surface area contributed by atoms with Crippen LogP contribution in [0, 0.1) is 5.92 Å². The predicted molar refractivity (Wildman–Crippen MR) is 94.6 cm³/mol. The highest BCUT2D eigenvalue weighted by atomic mass is 35.5. The highest BCUT2D eigenvalue weighted by Gasteiger charge is 2.34. The van der Waals surface area contributed by atoms with Gasteiger partial charge < -0.3 is 14.2 Å². The molecule has 128 valence electrons. The quantitative estimate of drug-likeness (QED) is 0.794. The van der Waals surface area contributed by atoms with Gasteiger partial charge in [0, 0.05) is 48.5 Å². The van der Waals surface area contributed by atoms with Crippen LogP contribution < -0.4 is 0 Å². The van der Waals surface area contributed by atoms with Gasteiger partial charge in [0.05, 0.1) is 19.3 Å². The second kappa shape index (κ2) is 6.06. The summed E-state index contributed by atoms with van der Waals surface area (Å²) in [6.07, 6.45) is 0. The van der Waals surface area contributed by atoms with Gasteiger partial charge in [-0.3, -0.25) is 9.69 Å². The van der Waals surface area contributed by atoms with Gasteiger partial charge in [0.25, 0.3) is 5.91 Å². The maximum absolute atomic E-state index is 13.2. The Balaban J connectivity index is 1.67. The van der Waals surface area contributed by atoms with Crippen LogP contribution in [0.2, 0.25) is 5.02 Å². The van der Waals surface area contributed by atoms with Crippen molar-refractivity contribution in [2.45, 2.75) is 6.04 Å². The number of hydrogen-bond acceptors (Lipinski definition) is 3. The average Bonchev–Trinajstić information content (AvgIpc) is 2.67. The van der Waals surface area contributed by atoms with E-state index in [-0.39, 0.29) is 11.9 Å². The lowest BCUT2D eigenvalue weighted by molar-refractivity contribution is 0.0428. The minimum Gasteiger partial charge on any atom is -0.379 e. The predicted octanol–water partition coefficient (Wildman–Crippen LogP) is 2.23. The van der Waals surface area contributed by atoms with Crippen molar-refractivity contribution in [1.29, 1.82) is 0 Å². The van der Waals surface area contributed by atoms with Gasteiger partial charge in [-0.2, -0.15) is 0 Å². The van der Waals surface area contributed by atoms with Gasteiger partial charge in [-0.05, 0) is 25.2 Å². The molecule has 0 unspecified atom stereocenters. The number of amides is 1. The largest absolute Gasteiger partial charge is 0.379 e. The molecular weight excluding hydrogens is 326 g/mol. The van der Waals surface area contributed by atoms with Crippen molar-refractivity contribution in [3.8, 4) is 0 Å². The molecule has 1 amide bonds. The number of benzene rings is 1. The summed E-state index contributed by atoms with van der Waals surface area (Å²) in [4.78, 5) is 17.5. The first kappa shape index (κ1) is 15.9. The standard InChI is InChI=1S/C18H22ClN3O2/c1-20-7-12-8-22(9-15(20)11-24-10-12)18(23)17-5-13-3-4-14(19)6-16(13)21(17)2/h3-6,12,15H,7-11H2,1-2H3/t12-,15+/m1/s1. The van der Waals surface area contributed by atoms with Crippen molar-refractivity contribution < 1.29 is 9.53 Å². The molecule has 2 aliphatic rings. The van der Waals surface area contributed by atoms with E-state index >= 15 is 0 Å². The molecule has 2 saturated heterocycles.